The van der Waals surface area contributed by atoms with Gasteiger partial charge in [-0.1, -0.05) is 35.3 Å². The maximum Gasteiger partial charge on any atom is 0.263 e. The Labute approximate surface area is 142 Å². The third-order valence-electron chi connectivity index (χ3n) is 3.01. The molecule has 1 aromatic heterocycles. The van der Waals surface area contributed by atoms with Gasteiger partial charge in [0.2, 0.25) is 0 Å². The van der Waals surface area contributed by atoms with Crippen LogP contribution in [0.4, 0.5) is 5.69 Å². The number of aromatic nitrogens is 1. The van der Waals surface area contributed by atoms with Gasteiger partial charge in [-0.05, 0) is 30.3 Å². The third kappa shape index (κ3) is 3.50. The molecule has 1 heterocycles. The summed E-state index contributed by atoms with van der Waals surface area (Å²) in [5.41, 5.74) is 1.06. The highest BCUT2D eigenvalue weighted by molar-refractivity contribution is 7.92. The lowest BCUT2D eigenvalue weighted by Gasteiger charge is -2.10. The largest absolute Gasteiger partial charge is 0.444 e. The van der Waals surface area contributed by atoms with Crippen LogP contribution in [0, 0.1) is 0 Å². The summed E-state index contributed by atoms with van der Waals surface area (Å²) < 4.78 is 32.6. The van der Waals surface area contributed by atoms with Gasteiger partial charge in [0.15, 0.2) is 12.2 Å². The third-order valence-corrected chi connectivity index (χ3v) is 5.11. The van der Waals surface area contributed by atoms with Crippen molar-refractivity contribution in [2.24, 2.45) is 0 Å². The van der Waals surface area contributed by atoms with Crippen molar-refractivity contribution in [2.45, 2.75) is 4.90 Å². The fourth-order valence-electron chi connectivity index (χ4n) is 1.99. The van der Waals surface area contributed by atoms with E-state index < -0.39 is 10.0 Å². The molecule has 3 aromatic rings. The molecular formula is C15H10Cl2N2O3S. The SMILES string of the molecule is O=S(=O)(Nc1cccc(-c2cnco2)c1)c1cc(Cl)ccc1Cl. The lowest BCUT2D eigenvalue weighted by atomic mass is 10.2. The van der Waals surface area contributed by atoms with Crippen LogP contribution in [-0.2, 0) is 10.0 Å². The number of anilines is 1. The summed E-state index contributed by atoms with van der Waals surface area (Å²) in [5, 5.41) is 0.374. The number of halogens is 2. The first-order chi connectivity index (χ1) is 11.0. The Morgan fingerprint density at radius 3 is 2.65 bits per heavy atom. The molecule has 8 heteroatoms. The number of hydrogen-bond donors (Lipinski definition) is 1. The number of rotatable bonds is 4. The molecule has 5 nitrogen and oxygen atoms in total. The molecule has 1 N–H and O–H groups in total. The van der Waals surface area contributed by atoms with E-state index in [1.807, 2.05) is 0 Å². The van der Waals surface area contributed by atoms with Crippen molar-refractivity contribution in [1.29, 1.82) is 0 Å². The monoisotopic (exact) mass is 368 g/mol. The molecule has 3 rings (SSSR count). The van der Waals surface area contributed by atoms with E-state index in [0.717, 1.165) is 0 Å². The van der Waals surface area contributed by atoms with Gasteiger partial charge < -0.3 is 4.42 Å². The zero-order chi connectivity index (χ0) is 16.4. The van der Waals surface area contributed by atoms with E-state index in [1.165, 1.54) is 24.6 Å². The van der Waals surface area contributed by atoms with E-state index >= 15 is 0 Å². The lowest BCUT2D eigenvalue weighted by molar-refractivity contribution is 0.572. The predicted octanol–water partition coefficient (Wildman–Crippen LogP) is 4.45. The molecule has 23 heavy (non-hydrogen) atoms. The Hall–Kier alpha value is -2.02. The van der Waals surface area contributed by atoms with Gasteiger partial charge in [0.05, 0.1) is 11.2 Å². The van der Waals surface area contributed by atoms with E-state index in [9.17, 15) is 8.42 Å². The molecule has 0 aliphatic rings. The van der Waals surface area contributed by atoms with Crippen LogP contribution in [0.5, 0.6) is 0 Å². The first-order valence-electron chi connectivity index (χ1n) is 6.42. The highest BCUT2D eigenvalue weighted by Crippen LogP contribution is 2.28. The van der Waals surface area contributed by atoms with Crippen LogP contribution < -0.4 is 4.72 Å². The Kier molecular flexibility index (Phi) is 4.30. The van der Waals surface area contributed by atoms with Gasteiger partial charge in [-0.3, -0.25) is 4.72 Å². The van der Waals surface area contributed by atoms with Gasteiger partial charge in [-0.25, -0.2) is 13.4 Å². The summed E-state index contributed by atoms with van der Waals surface area (Å²) in [4.78, 5) is 3.75. The summed E-state index contributed by atoms with van der Waals surface area (Å²) in [7, 11) is -3.86. The number of nitrogens with zero attached hydrogens (tertiary/aromatic N) is 1. The molecule has 0 saturated carbocycles. The van der Waals surface area contributed by atoms with Crippen molar-refractivity contribution in [3.05, 3.63) is 65.1 Å². The second kappa shape index (κ2) is 6.23. The van der Waals surface area contributed by atoms with E-state index in [4.69, 9.17) is 27.6 Å². The van der Waals surface area contributed by atoms with Gasteiger partial charge in [-0.2, -0.15) is 0 Å². The first-order valence-corrected chi connectivity index (χ1v) is 8.66. The molecule has 0 spiro atoms. The van der Waals surface area contributed by atoms with Crippen LogP contribution in [0.2, 0.25) is 10.0 Å². The predicted molar refractivity (Wildman–Crippen MR) is 89.2 cm³/mol. The molecular weight excluding hydrogens is 359 g/mol. The topological polar surface area (TPSA) is 72.2 Å². The van der Waals surface area contributed by atoms with Gasteiger partial charge in [-0.15, -0.1) is 0 Å². The minimum absolute atomic E-state index is 0.0864. The summed E-state index contributed by atoms with van der Waals surface area (Å²) >= 11 is 11.8. The Morgan fingerprint density at radius 2 is 1.91 bits per heavy atom. The van der Waals surface area contributed by atoms with Crippen molar-refractivity contribution >= 4 is 38.9 Å². The number of nitrogens with one attached hydrogen (secondary N) is 1. The van der Waals surface area contributed by atoms with E-state index in [-0.39, 0.29) is 14.9 Å². The second-order valence-corrected chi connectivity index (χ2v) is 7.12. The molecule has 0 fully saturated rings. The molecule has 0 amide bonds. The molecule has 2 aromatic carbocycles. The van der Waals surface area contributed by atoms with Crippen LogP contribution in [0.15, 0.2) is 64.4 Å². The van der Waals surface area contributed by atoms with Crippen LogP contribution in [0.25, 0.3) is 11.3 Å². The molecule has 0 unspecified atom stereocenters. The molecule has 0 aliphatic carbocycles. The molecule has 0 saturated heterocycles. The standard InChI is InChI=1S/C15H10Cl2N2O3S/c16-11-4-5-13(17)15(7-11)23(20,21)19-12-3-1-2-10(6-12)14-8-18-9-22-14/h1-9,19H. The summed E-state index contributed by atoms with van der Waals surface area (Å²) in [6.45, 7) is 0. The fourth-order valence-corrected chi connectivity index (χ4v) is 3.80. The van der Waals surface area contributed by atoms with Gasteiger partial charge in [0, 0.05) is 16.3 Å². The zero-order valence-electron chi connectivity index (χ0n) is 11.5. The quantitative estimate of drug-likeness (QED) is 0.738. The van der Waals surface area contributed by atoms with Gasteiger partial charge in [0.1, 0.15) is 4.90 Å². The molecule has 0 aliphatic heterocycles. The Balaban J connectivity index is 1.95. The summed E-state index contributed by atoms with van der Waals surface area (Å²) in [5.74, 6) is 0.534. The smallest absolute Gasteiger partial charge is 0.263 e. The van der Waals surface area contributed by atoms with Gasteiger partial charge >= 0.3 is 0 Å². The normalized spacial score (nSPS) is 11.4. The van der Waals surface area contributed by atoms with Crippen LogP contribution >= 0.6 is 23.2 Å². The average Bonchev–Trinajstić information content (AvgIpc) is 3.04. The zero-order valence-corrected chi connectivity index (χ0v) is 13.9. The highest BCUT2D eigenvalue weighted by atomic mass is 35.5. The molecule has 0 bridgehead atoms. The van der Waals surface area contributed by atoms with E-state index in [1.54, 1.807) is 30.5 Å². The minimum atomic E-state index is -3.86. The van der Waals surface area contributed by atoms with Gasteiger partial charge in [0.25, 0.3) is 10.0 Å². The van der Waals surface area contributed by atoms with Crippen molar-refractivity contribution in [3.63, 3.8) is 0 Å². The number of hydrogen-bond acceptors (Lipinski definition) is 4. The van der Waals surface area contributed by atoms with E-state index in [2.05, 4.69) is 9.71 Å². The summed E-state index contributed by atoms with van der Waals surface area (Å²) in [6.07, 6.45) is 2.85. The van der Waals surface area contributed by atoms with Crippen molar-refractivity contribution < 1.29 is 12.8 Å². The van der Waals surface area contributed by atoms with Crippen LogP contribution in [-0.4, -0.2) is 13.4 Å². The molecule has 0 atom stereocenters. The maximum atomic E-state index is 12.5. The Morgan fingerprint density at radius 1 is 1.09 bits per heavy atom. The lowest BCUT2D eigenvalue weighted by Crippen LogP contribution is -2.13. The van der Waals surface area contributed by atoms with E-state index in [0.29, 0.717) is 17.0 Å². The molecule has 0 radical (unpaired) electrons. The maximum absolute atomic E-state index is 12.5. The fraction of sp³-hybridized carbons (Fsp3) is 0. The van der Waals surface area contributed by atoms with Crippen LogP contribution in [0.1, 0.15) is 0 Å². The van der Waals surface area contributed by atoms with Crippen molar-refractivity contribution in [1.82, 2.24) is 4.98 Å². The average molecular weight is 369 g/mol. The molecule has 118 valence electrons. The first kappa shape index (κ1) is 15.9. The Bertz CT molecular complexity index is 941. The van der Waals surface area contributed by atoms with Crippen molar-refractivity contribution in [2.75, 3.05) is 4.72 Å². The highest BCUT2D eigenvalue weighted by Gasteiger charge is 2.19. The second-order valence-electron chi connectivity index (χ2n) is 4.63. The number of oxazole rings is 1. The number of benzene rings is 2. The minimum Gasteiger partial charge on any atom is -0.444 e. The summed E-state index contributed by atoms with van der Waals surface area (Å²) in [6, 6.07) is 11.0. The number of sulfonamides is 1. The van der Waals surface area contributed by atoms with Crippen LogP contribution in [0.3, 0.4) is 0 Å². The van der Waals surface area contributed by atoms with Crippen molar-refractivity contribution in [3.8, 4) is 11.3 Å².